The Kier molecular flexibility index (Phi) is 5.72. The predicted octanol–water partition coefficient (Wildman–Crippen LogP) is 3.39. The normalized spacial score (nSPS) is 16.9. The predicted molar refractivity (Wildman–Crippen MR) is 106 cm³/mol. The molecule has 0 unspecified atom stereocenters. The molecule has 0 spiro atoms. The number of primary amides is 1. The Labute approximate surface area is 164 Å². The van der Waals surface area contributed by atoms with E-state index in [0.29, 0.717) is 17.8 Å². The maximum atomic E-state index is 13.9. The molecular formula is C21H29FN4O2. The summed E-state index contributed by atoms with van der Waals surface area (Å²) < 4.78 is 15.7. The highest BCUT2D eigenvalue weighted by atomic mass is 19.1. The van der Waals surface area contributed by atoms with Crippen molar-refractivity contribution >= 4 is 22.7 Å². The summed E-state index contributed by atoms with van der Waals surface area (Å²) in [5.41, 5.74) is 5.78. The highest BCUT2D eigenvalue weighted by molar-refractivity contribution is 6.06. The number of nitrogens with zero attached hydrogens (tertiary/aromatic N) is 2. The second-order valence-electron chi connectivity index (χ2n) is 8.87. The van der Waals surface area contributed by atoms with Crippen molar-refractivity contribution in [2.24, 2.45) is 17.1 Å². The molecule has 152 valence electrons. The van der Waals surface area contributed by atoms with E-state index in [2.05, 4.69) is 10.4 Å². The fraction of sp³-hybridized carbons (Fsp3) is 0.571. The smallest absolute Gasteiger partial charge is 0.273 e. The molecule has 0 saturated heterocycles. The van der Waals surface area contributed by atoms with Gasteiger partial charge in [-0.2, -0.15) is 5.10 Å². The van der Waals surface area contributed by atoms with Gasteiger partial charge in [0.15, 0.2) is 5.69 Å². The van der Waals surface area contributed by atoms with Crippen LogP contribution < -0.4 is 11.1 Å². The molecule has 28 heavy (non-hydrogen) atoms. The number of carbonyl (C=O) groups excluding carboxylic acids is 2. The SMILES string of the molecule is CC(C)(C)[C@H](NC(=O)c1nn(CC2CCCCC2)c2ccc(F)cc12)C(N)=O. The van der Waals surface area contributed by atoms with Crippen molar-refractivity contribution < 1.29 is 14.0 Å². The third-order valence-electron chi connectivity index (χ3n) is 5.51. The van der Waals surface area contributed by atoms with E-state index in [1.54, 1.807) is 10.7 Å². The molecule has 7 heteroatoms. The molecule has 1 aliphatic rings. The summed E-state index contributed by atoms with van der Waals surface area (Å²) >= 11 is 0. The van der Waals surface area contributed by atoms with Crippen molar-refractivity contribution in [2.45, 2.75) is 65.5 Å². The van der Waals surface area contributed by atoms with Crippen LogP contribution in [-0.2, 0) is 11.3 Å². The van der Waals surface area contributed by atoms with E-state index in [9.17, 15) is 14.0 Å². The lowest BCUT2D eigenvalue weighted by molar-refractivity contribution is -0.122. The molecule has 0 aliphatic heterocycles. The molecule has 1 saturated carbocycles. The lowest BCUT2D eigenvalue weighted by Gasteiger charge is -2.28. The number of benzene rings is 1. The van der Waals surface area contributed by atoms with Crippen molar-refractivity contribution in [1.29, 1.82) is 0 Å². The number of fused-ring (bicyclic) bond motifs is 1. The molecule has 3 rings (SSSR count). The Bertz CT molecular complexity index is 878. The number of hydrogen-bond donors (Lipinski definition) is 2. The monoisotopic (exact) mass is 388 g/mol. The first-order chi connectivity index (χ1) is 13.2. The standard InChI is InChI=1S/C21H29FN4O2/c1-21(2,3)18(19(23)27)24-20(28)17-15-11-14(22)9-10-16(15)26(25-17)12-13-7-5-4-6-8-13/h9-11,13,18H,4-8,12H2,1-3H3,(H2,23,27)(H,24,28)/t18-/m1/s1. The van der Waals surface area contributed by atoms with Crippen LogP contribution >= 0.6 is 0 Å². The maximum absolute atomic E-state index is 13.9. The summed E-state index contributed by atoms with van der Waals surface area (Å²) in [6, 6.07) is 3.51. The molecule has 1 aromatic heterocycles. The Morgan fingerprint density at radius 3 is 2.57 bits per heavy atom. The molecule has 6 nitrogen and oxygen atoms in total. The van der Waals surface area contributed by atoms with Gasteiger partial charge in [-0.15, -0.1) is 0 Å². The summed E-state index contributed by atoms with van der Waals surface area (Å²) in [4.78, 5) is 24.7. The molecule has 2 amide bonds. The first-order valence-electron chi connectivity index (χ1n) is 9.93. The van der Waals surface area contributed by atoms with Crippen LogP contribution in [0, 0.1) is 17.2 Å². The number of hydrogen-bond acceptors (Lipinski definition) is 3. The van der Waals surface area contributed by atoms with Gasteiger partial charge in [-0.1, -0.05) is 40.0 Å². The van der Waals surface area contributed by atoms with Crippen LogP contribution in [0.1, 0.15) is 63.4 Å². The van der Waals surface area contributed by atoms with E-state index < -0.39 is 29.1 Å². The van der Waals surface area contributed by atoms with Crippen LogP contribution in [0.3, 0.4) is 0 Å². The number of carbonyl (C=O) groups is 2. The molecule has 2 aromatic rings. The summed E-state index contributed by atoms with van der Waals surface area (Å²) in [7, 11) is 0. The molecule has 0 radical (unpaired) electrons. The average Bonchev–Trinajstić information content (AvgIpc) is 2.96. The lowest BCUT2D eigenvalue weighted by atomic mass is 9.86. The van der Waals surface area contributed by atoms with E-state index in [4.69, 9.17) is 5.73 Å². The van der Waals surface area contributed by atoms with Gasteiger partial charge < -0.3 is 11.1 Å². The Morgan fingerprint density at radius 1 is 1.29 bits per heavy atom. The van der Waals surface area contributed by atoms with Gasteiger partial charge in [0.05, 0.1) is 5.52 Å². The Balaban J connectivity index is 1.94. The van der Waals surface area contributed by atoms with Crippen LogP contribution in [0.15, 0.2) is 18.2 Å². The van der Waals surface area contributed by atoms with Crippen molar-refractivity contribution in [1.82, 2.24) is 15.1 Å². The van der Waals surface area contributed by atoms with Crippen molar-refractivity contribution in [3.63, 3.8) is 0 Å². The van der Waals surface area contributed by atoms with Gasteiger partial charge in [-0.05, 0) is 42.4 Å². The average molecular weight is 388 g/mol. The summed E-state index contributed by atoms with van der Waals surface area (Å²) in [5, 5.41) is 7.64. The highest BCUT2D eigenvalue weighted by Gasteiger charge is 2.32. The topological polar surface area (TPSA) is 90.0 Å². The van der Waals surface area contributed by atoms with Gasteiger partial charge >= 0.3 is 0 Å². The molecule has 1 heterocycles. The number of halogens is 1. The van der Waals surface area contributed by atoms with Crippen LogP contribution in [-0.4, -0.2) is 27.6 Å². The summed E-state index contributed by atoms with van der Waals surface area (Å²) in [6.45, 7) is 6.17. The van der Waals surface area contributed by atoms with Crippen molar-refractivity contribution in [3.8, 4) is 0 Å². The van der Waals surface area contributed by atoms with Gasteiger partial charge in [0.2, 0.25) is 5.91 Å². The molecule has 0 bridgehead atoms. The number of rotatable bonds is 5. The maximum Gasteiger partial charge on any atom is 0.273 e. The van der Waals surface area contributed by atoms with Gasteiger partial charge in [0.1, 0.15) is 11.9 Å². The molecule has 1 aliphatic carbocycles. The molecule has 3 N–H and O–H groups in total. The van der Waals surface area contributed by atoms with Crippen LogP contribution in [0.25, 0.3) is 10.9 Å². The second-order valence-corrected chi connectivity index (χ2v) is 8.87. The van der Waals surface area contributed by atoms with Crippen LogP contribution in [0.4, 0.5) is 4.39 Å². The van der Waals surface area contributed by atoms with E-state index >= 15 is 0 Å². The lowest BCUT2D eigenvalue weighted by Crippen LogP contribution is -2.52. The minimum absolute atomic E-state index is 0.126. The third kappa shape index (κ3) is 4.34. The van der Waals surface area contributed by atoms with E-state index in [1.807, 2.05) is 20.8 Å². The fourth-order valence-corrected chi connectivity index (χ4v) is 3.99. The zero-order valence-corrected chi connectivity index (χ0v) is 16.8. The zero-order chi connectivity index (χ0) is 20.5. The quantitative estimate of drug-likeness (QED) is 0.823. The number of amides is 2. The largest absolute Gasteiger partial charge is 0.368 e. The summed E-state index contributed by atoms with van der Waals surface area (Å²) in [6.07, 6.45) is 5.95. The molecule has 1 fully saturated rings. The molecule has 1 aromatic carbocycles. The molecular weight excluding hydrogens is 359 g/mol. The minimum Gasteiger partial charge on any atom is -0.368 e. The van der Waals surface area contributed by atoms with E-state index in [1.165, 1.54) is 31.4 Å². The van der Waals surface area contributed by atoms with Gasteiger partial charge in [-0.3, -0.25) is 14.3 Å². The summed E-state index contributed by atoms with van der Waals surface area (Å²) in [5.74, 6) is -1.05. The Hall–Kier alpha value is -2.44. The van der Waals surface area contributed by atoms with Gasteiger partial charge in [-0.25, -0.2) is 4.39 Å². The van der Waals surface area contributed by atoms with Crippen molar-refractivity contribution in [3.05, 3.63) is 29.7 Å². The number of nitrogens with two attached hydrogens (primary N) is 1. The number of aromatic nitrogens is 2. The van der Waals surface area contributed by atoms with Crippen molar-refractivity contribution in [2.75, 3.05) is 0 Å². The zero-order valence-electron chi connectivity index (χ0n) is 16.8. The first-order valence-corrected chi connectivity index (χ1v) is 9.93. The van der Waals surface area contributed by atoms with Gasteiger partial charge in [0.25, 0.3) is 5.91 Å². The van der Waals surface area contributed by atoms with Gasteiger partial charge in [0, 0.05) is 11.9 Å². The fourth-order valence-electron chi connectivity index (χ4n) is 3.99. The van der Waals surface area contributed by atoms with E-state index in [0.717, 1.165) is 18.4 Å². The van der Waals surface area contributed by atoms with E-state index in [-0.39, 0.29) is 5.69 Å². The van der Waals surface area contributed by atoms with Crippen LogP contribution in [0.2, 0.25) is 0 Å². The molecule has 1 atom stereocenters. The highest BCUT2D eigenvalue weighted by Crippen LogP contribution is 2.28. The second kappa shape index (κ2) is 7.89. The number of nitrogens with one attached hydrogen (secondary N) is 1. The van der Waals surface area contributed by atoms with Crippen LogP contribution in [0.5, 0.6) is 0 Å². The first kappa shape index (κ1) is 20.3. The minimum atomic E-state index is -0.855. The Morgan fingerprint density at radius 2 is 1.96 bits per heavy atom. The third-order valence-corrected chi connectivity index (χ3v) is 5.51.